The summed E-state index contributed by atoms with van der Waals surface area (Å²) in [5.41, 5.74) is 4.91. The van der Waals surface area contributed by atoms with Gasteiger partial charge in [0.05, 0.1) is 12.2 Å². The Kier molecular flexibility index (Phi) is 7.28. The fraction of sp³-hybridized carbons (Fsp3) is 0.321. The number of allylic oxidation sites excluding steroid dienone is 1. The van der Waals surface area contributed by atoms with Crippen LogP contribution >= 0.6 is 0 Å². The molecule has 3 heterocycles. The van der Waals surface area contributed by atoms with E-state index in [2.05, 4.69) is 58.1 Å². The van der Waals surface area contributed by atoms with Crippen LogP contribution in [0.25, 0.3) is 16.7 Å². The molecule has 0 amide bonds. The van der Waals surface area contributed by atoms with Gasteiger partial charge in [0.25, 0.3) is 5.56 Å². The fourth-order valence-electron chi connectivity index (χ4n) is 4.90. The van der Waals surface area contributed by atoms with Crippen LogP contribution in [-0.2, 0) is 6.54 Å². The number of likely N-dealkylation sites (N-methyl/N-ethyl adjacent to an activating group) is 1. The third kappa shape index (κ3) is 4.93. The van der Waals surface area contributed by atoms with Gasteiger partial charge in [0.2, 0.25) is 5.95 Å². The Morgan fingerprint density at radius 2 is 1.95 bits per heavy atom. The smallest absolute Gasteiger partial charge is 0.278 e. The van der Waals surface area contributed by atoms with Crippen molar-refractivity contribution in [1.82, 2.24) is 29.5 Å². The Labute approximate surface area is 221 Å². The lowest BCUT2D eigenvalue weighted by Gasteiger charge is -2.35. The second kappa shape index (κ2) is 10.8. The van der Waals surface area contributed by atoms with Crippen molar-refractivity contribution in [2.24, 2.45) is 0 Å². The molecule has 1 saturated heterocycles. The summed E-state index contributed by atoms with van der Waals surface area (Å²) in [6.45, 7) is 10.3. The number of fused-ring (bicyclic) bond motifs is 1. The lowest BCUT2D eigenvalue weighted by molar-refractivity contribution is 0.149. The first-order chi connectivity index (χ1) is 18.4. The van der Waals surface area contributed by atoms with Crippen LogP contribution in [0.3, 0.4) is 0 Å². The maximum absolute atomic E-state index is 13.2. The number of anilines is 3. The molecular formula is C28H34N8O2. The quantitative estimate of drug-likeness (QED) is 0.244. The number of rotatable bonds is 8. The molecule has 10 nitrogen and oxygen atoms in total. The number of hydrogen-bond donors (Lipinski definition) is 3. The van der Waals surface area contributed by atoms with Crippen LogP contribution in [0.1, 0.15) is 17.4 Å². The molecule has 0 bridgehead atoms. The Bertz CT molecular complexity index is 1520. The van der Waals surface area contributed by atoms with Crippen LogP contribution in [0.15, 0.2) is 66.1 Å². The summed E-state index contributed by atoms with van der Waals surface area (Å²) in [4.78, 5) is 27.2. The summed E-state index contributed by atoms with van der Waals surface area (Å²) in [5, 5.41) is 16.8. The monoisotopic (exact) mass is 514 g/mol. The van der Waals surface area contributed by atoms with Crippen LogP contribution in [0.2, 0.25) is 0 Å². The summed E-state index contributed by atoms with van der Waals surface area (Å²) in [7, 11) is 3.84. The van der Waals surface area contributed by atoms with Gasteiger partial charge in [-0.1, -0.05) is 18.2 Å². The molecule has 0 spiro atoms. The van der Waals surface area contributed by atoms with Crippen molar-refractivity contribution >= 4 is 28.4 Å². The minimum Gasteiger partial charge on any atom is -0.374 e. The van der Waals surface area contributed by atoms with Gasteiger partial charge in [0, 0.05) is 43.8 Å². The number of aliphatic hydroxyl groups is 1. The van der Waals surface area contributed by atoms with Gasteiger partial charge in [0.15, 0.2) is 5.65 Å². The molecule has 10 heteroatoms. The van der Waals surface area contributed by atoms with Gasteiger partial charge in [-0.25, -0.2) is 14.3 Å². The van der Waals surface area contributed by atoms with Crippen molar-refractivity contribution in [3.05, 3.63) is 82.8 Å². The highest BCUT2D eigenvalue weighted by Gasteiger charge is 2.19. The van der Waals surface area contributed by atoms with Crippen LogP contribution in [0.4, 0.5) is 17.3 Å². The van der Waals surface area contributed by atoms with Crippen molar-refractivity contribution < 1.29 is 5.11 Å². The highest BCUT2D eigenvalue weighted by molar-refractivity contribution is 5.77. The van der Waals surface area contributed by atoms with E-state index in [-0.39, 0.29) is 5.56 Å². The van der Waals surface area contributed by atoms with Crippen LogP contribution < -0.4 is 21.1 Å². The minimum atomic E-state index is -0.833. The molecule has 1 aliphatic rings. The van der Waals surface area contributed by atoms with E-state index in [0.717, 1.165) is 31.9 Å². The first-order valence-electron chi connectivity index (χ1n) is 12.8. The summed E-state index contributed by atoms with van der Waals surface area (Å²) < 4.78 is 3.32. The van der Waals surface area contributed by atoms with E-state index in [4.69, 9.17) is 4.98 Å². The van der Waals surface area contributed by atoms with Crippen molar-refractivity contribution in [3.63, 3.8) is 0 Å². The maximum Gasteiger partial charge on any atom is 0.278 e. The zero-order valence-corrected chi connectivity index (χ0v) is 22.1. The molecule has 4 aromatic rings. The average Bonchev–Trinajstić information content (AvgIpc) is 3.20. The maximum atomic E-state index is 13.2. The van der Waals surface area contributed by atoms with Crippen LogP contribution in [0.5, 0.6) is 0 Å². The summed E-state index contributed by atoms with van der Waals surface area (Å²) in [6, 6.07) is 13.6. The Morgan fingerprint density at radius 3 is 2.66 bits per heavy atom. The molecule has 3 N–H and O–H groups in total. The molecular weight excluding hydrogens is 480 g/mol. The second-order valence-electron chi connectivity index (χ2n) is 9.62. The zero-order valence-electron chi connectivity index (χ0n) is 22.1. The molecule has 1 unspecified atom stereocenters. The van der Waals surface area contributed by atoms with Gasteiger partial charge in [0.1, 0.15) is 11.6 Å². The molecule has 2 aromatic heterocycles. The van der Waals surface area contributed by atoms with Crippen molar-refractivity contribution in [2.75, 3.05) is 50.5 Å². The largest absolute Gasteiger partial charge is 0.374 e. The number of benzene rings is 2. The Morgan fingerprint density at radius 1 is 1.16 bits per heavy atom. The molecule has 1 fully saturated rings. The van der Waals surface area contributed by atoms with Crippen LogP contribution in [-0.4, -0.2) is 69.6 Å². The predicted octanol–water partition coefficient (Wildman–Crippen LogP) is 2.78. The standard InChI is InChI=1S/C28H34N8O2/c1-5-11-35-27(38)23-18-30-28(32-25(23)36(35)22-8-6-7-20(17-22)26(37)29-3)31-21-9-10-24(19(2)16-21)34-14-12-33(4)13-15-34/h5-10,16-18,26,29,37H,1,11-15H2,2-4H3,(H,30,31,32). The molecule has 0 saturated carbocycles. The zero-order chi connectivity index (χ0) is 26.8. The topological polar surface area (TPSA) is 103 Å². The third-order valence-electron chi connectivity index (χ3n) is 6.98. The fourth-order valence-corrected chi connectivity index (χ4v) is 4.90. The van der Waals surface area contributed by atoms with Gasteiger partial charge in [-0.15, -0.1) is 6.58 Å². The van der Waals surface area contributed by atoms with Gasteiger partial charge in [-0.3, -0.25) is 10.1 Å². The van der Waals surface area contributed by atoms with E-state index in [1.807, 2.05) is 30.3 Å². The molecule has 198 valence electrons. The molecule has 1 atom stereocenters. The van der Waals surface area contributed by atoms with Gasteiger partial charge in [-0.2, -0.15) is 4.98 Å². The van der Waals surface area contributed by atoms with Crippen molar-refractivity contribution in [1.29, 1.82) is 0 Å². The number of aliphatic hydroxyl groups excluding tert-OH is 1. The Hall–Kier alpha value is -3.99. The van der Waals surface area contributed by atoms with E-state index in [0.29, 0.717) is 34.8 Å². The number of nitrogens with zero attached hydrogens (tertiary/aromatic N) is 6. The van der Waals surface area contributed by atoms with E-state index in [1.165, 1.54) is 11.3 Å². The molecule has 0 radical (unpaired) electrons. The van der Waals surface area contributed by atoms with Crippen LogP contribution in [0, 0.1) is 6.92 Å². The lowest BCUT2D eigenvalue weighted by Crippen LogP contribution is -2.44. The Balaban J connectivity index is 1.51. The van der Waals surface area contributed by atoms with E-state index < -0.39 is 6.23 Å². The highest BCUT2D eigenvalue weighted by atomic mass is 16.3. The van der Waals surface area contributed by atoms with E-state index in [1.54, 1.807) is 28.7 Å². The summed E-state index contributed by atoms with van der Waals surface area (Å²) >= 11 is 0. The SMILES string of the molecule is C=CCn1c(=O)c2cnc(Nc3ccc(N4CCN(C)CC4)c(C)c3)nc2n1-c1cccc(C(O)NC)c1. The number of nitrogens with one attached hydrogen (secondary N) is 2. The summed E-state index contributed by atoms with van der Waals surface area (Å²) in [5.74, 6) is 0.389. The molecule has 1 aliphatic heterocycles. The molecule has 0 aliphatic carbocycles. The number of piperazine rings is 1. The van der Waals surface area contributed by atoms with Crippen molar-refractivity contribution in [2.45, 2.75) is 19.7 Å². The van der Waals surface area contributed by atoms with Crippen molar-refractivity contribution in [3.8, 4) is 5.69 Å². The van der Waals surface area contributed by atoms with E-state index >= 15 is 0 Å². The molecule has 2 aromatic carbocycles. The lowest BCUT2D eigenvalue weighted by atomic mass is 10.1. The van der Waals surface area contributed by atoms with Gasteiger partial charge >= 0.3 is 0 Å². The average molecular weight is 515 g/mol. The first kappa shape index (κ1) is 25.7. The normalized spacial score (nSPS) is 15.1. The third-order valence-corrected chi connectivity index (χ3v) is 6.98. The predicted molar refractivity (Wildman–Crippen MR) is 152 cm³/mol. The number of aryl methyl sites for hydroxylation is 1. The minimum absolute atomic E-state index is 0.210. The first-order valence-corrected chi connectivity index (χ1v) is 12.8. The number of aromatic nitrogens is 4. The highest BCUT2D eigenvalue weighted by Crippen LogP contribution is 2.26. The molecule has 5 rings (SSSR count). The van der Waals surface area contributed by atoms with Gasteiger partial charge in [-0.05, 0) is 62.5 Å². The summed E-state index contributed by atoms with van der Waals surface area (Å²) in [6.07, 6.45) is 2.39. The number of hydrogen-bond acceptors (Lipinski definition) is 8. The molecule has 38 heavy (non-hydrogen) atoms. The van der Waals surface area contributed by atoms with Gasteiger partial charge < -0.3 is 20.2 Å². The van der Waals surface area contributed by atoms with E-state index in [9.17, 15) is 9.90 Å². The second-order valence-corrected chi connectivity index (χ2v) is 9.62.